The van der Waals surface area contributed by atoms with Crippen molar-refractivity contribution in [2.45, 2.75) is 19.8 Å². The Morgan fingerprint density at radius 3 is 2.68 bits per heavy atom. The van der Waals surface area contributed by atoms with Crippen molar-refractivity contribution in [3.8, 4) is 11.5 Å². The zero-order valence-corrected chi connectivity index (χ0v) is 13.8. The minimum atomic E-state index is -0.0134. The lowest BCUT2D eigenvalue weighted by molar-refractivity contribution is -0.120. The molecule has 0 saturated heterocycles. The molecule has 0 spiro atoms. The largest absolute Gasteiger partial charge is 0.493 e. The van der Waals surface area contributed by atoms with Crippen LogP contribution in [-0.4, -0.2) is 31.7 Å². The molecule has 118 valence electrons. The number of nitrogens with one attached hydrogen (secondary N) is 1. The Labute approximate surface area is 134 Å². The van der Waals surface area contributed by atoms with E-state index in [1.54, 1.807) is 31.6 Å². The minimum Gasteiger partial charge on any atom is -0.493 e. The molecule has 22 heavy (non-hydrogen) atoms. The number of nitrogens with zero attached hydrogens (tertiary/aromatic N) is 1. The van der Waals surface area contributed by atoms with Crippen LogP contribution in [0.5, 0.6) is 11.5 Å². The molecule has 0 fully saturated rings. The number of aryl methyl sites for hydroxylation is 1. The SMILES string of the molecule is COc1ccc(CC(=O)NCCc2ncc(C)s2)cc1OC. The summed E-state index contributed by atoms with van der Waals surface area (Å²) in [7, 11) is 3.17. The van der Waals surface area contributed by atoms with Gasteiger partial charge in [-0.05, 0) is 24.6 Å². The molecule has 0 aliphatic rings. The highest BCUT2D eigenvalue weighted by Gasteiger charge is 2.08. The molecule has 1 N–H and O–H groups in total. The maximum Gasteiger partial charge on any atom is 0.224 e. The van der Waals surface area contributed by atoms with Crippen LogP contribution >= 0.6 is 11.3 Å². The summed E-state index contributed by atoms with van der Waals surface area (Å²) < 4.78 is 10.4. The summed E-state index contributed by atoms with van der Waals surface area (Å²) in [4.78, 5) is 17.4. The third kappa shape index (κ3) is 4.46. The summed E-state index contributed by atoms with van der Waals surface area (Å²) in [5, 5.41) is 3.96. The molecule has 0 radical (unpaired) electrons. The monoisotopic (exact) mass is 320 g/mol. The minimum absolute atomic E-state index is 0.0134. The van der Waals surface area contributed by atoms with E-state index in [9.17, 15) is 4.79 Å². The molecule has 0 aliphatic heterocycles. The quantitative estimate of drug-likeness (QED) is 0.851. The van der Waals surface area contributed by atoms with Crippen LogP contribution in [0.4, 0.5) is 0 Å². The molecule has 2 aromatic rings. The predicted octanol–water partition coefficient (Wildman–Crippen LogP) is 2.37. The summed E-state index contributed by atoms with van der Waals surface area (Å²) in [6.45, 7) is 2.62. The van der Waals surface area contributed by atoms with Gasteiger partial charge in [-0.15, -0.1) is 11.3 Å². The average Bonchev–Trinajstić information content (AvgIpc) is 2.92. The van der Waals surface area contributed by atoms with Gasteiger partial charge in [-0.25, -0.2) is 4.98 Å². The fourth-order valence-electron chi connectivity index (χ4n) is 2.06. The molecule has 1 aromatic carbocycles. The number of methoxy groups -OCH3 is 2. The highest BCUT2D eigenvalue weighted by molar-refractivity contribution is 7.11. The lowest BCUT2D eigenvalue weighted by atomic mass is 10.1. The third-order valence-electron chi connectivity index (χ3n) is 3.14. The molecule has 5 nitrogen and oxygen atoms in total. The number of benzene rings is 1. The van der Waals surface area contributed by atoms with E-state index in [2.05, 4.69) is 10.3 Å². The van der Waals surface area contributed by atoms with Crippen molar-refractivity contribution in [2.75, 3.05) is 20.8 Å². The van der Waals surface area contributed by atoms with E-state index in [4.69, 9.17) is 9.47 Å². The standard InChI is InChI=1S/C16H20N2O3S/c1-11-10-18-16(22-11)6-7-17-15(19)9-12-4-5-13(20-2)14(8-12)21-3/h4-5,8,10H,6-7,9H2,1-3H3,(H,17,19). The Bertz CT molecular complexity index is 640. The molecule has 0 unspecified atom stereocenters. The van der Waals surface area contributed by atoms with Crippen LogP contribution in [0.1, 0.15) is 15.4 Å². The van der Waals surface area contributed by atoms with Gasteiger partial charge in [0.1, 0.15) is 0 Å². The zero-order chi connectivity index (χ0) is 15.9. The number of thiazole rings is 1. The number of hydrogen-bond acceptors (Lipinski definition) is 5. The van der Waals surface area contributed by atoms with Gasteiger partial charge in [-0.3, -0.25) is 4.79 Å². The van der Waals surface area contributed by atoms with Gasteiger partial charge in [-0.2, -0.15) is 0 Å². The summed E-state index contributed by atoms with van der Waals surface area (Å²) in [6.07, 6.45) is 2.93. The van der Waals surface area contributed by atoms with E-state index < -0.39 is 0 Å². The molecular formula is C16H20N2O3S. The number of carbonyl (C=O) groups excluding carboxylic acids is 1. The zero-order valence-electron chi connectivity index (χ0n) is 13.0. The van der Waals surface area contributed by atoms with Crippen molar-refractivity contribution in [1.29, 1.82) is 0 Å². The van der Waals surface area contributed by atoms with E-state index >= 15 is 0 Å². The van der Waals surface area contributed by atoms with E-state index in [1.165, 1.54) is 4.88 Å². The van der Waals surface area contributed by atoms with Gasteiger partial charge in [0, 0.05) is 24.0 Å². The highest BCUT2D eigenvalue weighted by atomic mass is 32.1. The number of rotatable bonds is 7. The van der Waals surface area contributed by atoms with Gasteiger partial charge in [0.2, 0.25) is 5.91 Å². The lowest BCUT2D eigenvalue weighted by Gasteiger charge is -2.09. The molecular weight excluding hydrogens is 300 g/mol. The van der Waals surface area contributed by atoms with Crippen LogP contribution in [0, 0.1) is 6.92 Å². The van der Waals surface area contributed by atoms with Crippen molar-refractivity contribution < 1.29 is 14.3 Å². The lowest BCUT2D eigenvalue weighted by Crippen LogP contribution is -2.27. The van der Waals surface area contributed by atoms with E-state index in [1.807, 2.05) is 25.3 Å². The maximum atomic E-state index is 12.0. The van der Waals surface area contributed by atoms with Crippen LogP contribution in [0.25, 0.3) is 0 Å². The molecule has 1 aromatic heterocycles. The van der Waals surface area contributed by atoms with E-state index in [0.29, 0.717) is 24.5 Å². The van der Waals surface area contributed by atoms with Crippen molar-refractivity contribution >= 4 is 17.2 Å². The smallest absolute Gasteiger partial charge is 0.224 e. The van der Waals surface area contributed by atoms with Crippen LogP contribution in [0.15, 0.2) is 24.4 Å². The topological polar surface area (TPSA) is 60.5 Å². The van der Waals surface area contributed by atoms with Crippen LogP contribution in [0.3, 0.4) is 0 Å². The number of aromatic nitrogens is 1. The molecule has 0 atom stereocenters. The Hall–Kier alpha value is -2.08. The predicted molar refractivity (Wildman–Crippen MR) is 86.8 cm³/mol. The molecule has 0 bridgehead atoms. The van der Waals surface area contributed by atoms with Gasteiger partial charge in [0.05, 0.1) is 25.6 Å². The van der Waals surface area contributed by atoms with Gasteiger partial charge in [0.15, 0.2) is 11.5 Å². The van der Waals surface area contributed by atoms with Crippen molar-refractivity contribution in [3.63, 3.8) is 0 Å². The summed E-state index contributed by atoms with van der Waals surface area (Å²) >= 11 is 1.66. The Balaban J connectivity index is 1.84. The van der Waals surface area contributed by atoms with E-state index in [-0.39, 0.29) is 5.91 Å². The molecule has 6 heteroatoms. The summed E-state index contributed by atoms with van der Waals surface area (Å²) in [5.41, 5.74) is 0.889. The van der Waals surface area contributed by atoms with Crippen LogP contribution < -0.4 is 14.8 Å². The first-order valence-corrected chi connectivity index (χ1v) is 7.83. The molecule has 1 heterocycles. The Kier molecular flexibility index (Phi) is 5.77. The number of ether oxygens (including phenoxy) is 2. The van der Waals surface area contributed by atoms with Crippen LogP contribution in [0.2, 0.25) is 0 Å². The Morgan fingerprint density at radius 2 is 2.05 bits per heavy atom. The second-order valence-electron chi connectivity index (χ2n) is 4.83. The van der Waals surface area contributed by atoms with E-state index in [0.717, 1.165) is 17.0 Å². The number of hydrogen-bond donors (Lipinski definition) is 1. The van der Waals surface area contributed by atoms with Gasteiger partial charge in [0.25, 0.3) is 0 Å². The molecule has 2 rings (SSSR count). The fraction of sp³-hybridized carbons (Fsp3) is 0.375. The van der Waals surface area contributed by atoms with Gasteiger partial charge >= 0.3 is 0 Å². The molecule has 1 amide bonds. The van der Waals surface area contributed by atoms with Crippen molar-refractivity contribution in [1.82, 2.24) is 10.3 Å². The van der Waals surface area contributed by atoms with Crippen molar-refractivity contribution in [2.24, 2.45) is 0 Å². The molecule has 0 aliphatic carbocycles. The van der Waals surface area contributed by atoms with Crippen LogP contribution in [-0.2, 0) is 17.6 Å². The average molecular weight is 320 g/mol. The first-order valence-electron chi connectivity index (χ1n) is 7.01. The normalized spacial score (nSPS) is 10.3. The van der Waals surface area contributed by atoms with Gasteiger partial charge < -0.3 is 14.8 Å². The Morgan fingerprint density at radius 1 is 1.27 bits per heavy atom. The van der Waals surface area contributed by atoms with Crippen molar-refractivity contribution in [3.05, 3.63) is 39.8 Å². The fourth-order valence-corrected chi connectivity index (χ4v) is 2.85. The summed E-state index contributed by atoms with van der Waals surface area (Å²) in [5.74, 6) is 1.28. The number of carbonyl (C=O) groups is 1. The first kappa shape index (κ1) is 16.3. The summed E-state index contributed by atoms with van der Waals surface area (Å²) in [6, 6.07) is 5.49. The van der Waals surface area contributed by atoms with Gasteiger partial charge in [-0.1, -0.05) is 6.07 Å². The second-order valence-corrected chi connectivity index (χ2v) is 6.15. The number of amides is 1. The third-order valence-corrected chi connectivity index (χ3v) is 4.12. The molecule has 0 saturated carbocycles. The maximum absolute atomic E-state index is 12.0. The first-order chi connectivity index (χ1) is 10.6. The second kappa shape index (κ2) is 7.79. The highest BCUT2D eigenvalue weighted by Crippen LogP contribution is 2.27.